The molecule has 2 aromatic rings. The molecule has 0 saturated carbocycles. The Hall–Kier alpha value is -1.84. The van der Waals surface area contributed by atoms with E-state index >= 15 is 0 Å². The lowest BCUT2D eigenvalue weighted by Crippen LogP contribution is -2.08. The van der Waals surface area contributed by atoms with Gasteiger partial charge in [-0.05, 0) is 44.5 Å². The van der Waals surface area contributed by atoms with Crippen LogP contribution in [0.5, 0.6) is 0 Å². The predicted octanol–water partition coefficient (Wildman–Crippen LogP) is 3.72. The SMILES string of the molecule is CCc1nc(-c2ccc(F)c(C)c2)c(N)n1C(C)C. The van der Waals surface area contributed by atoms with Crippen molar-refractivity contribution < 1.29 is 4.39 Å². The maximum atomic E-state index is 13.3. The Kier molecular flexibility index (Phi) is 3.60. The summed E-state index contributed by atoms with van der Waals surface area (Å²) in [4.78, 5) is 4.61. The third-order valence-corrected chi connectivity index (χ3v) is 3.29. The van der Waals surface area contributed by atoms with E-state index in [-0.39, 0.29) is 11.9 Å². The van der Waals surface area contributed by atoms with Gasteiger partial charge in [0.1, 0.15) is 23.2 Å². The van der Waals surface area contributed by atoms with Gasteiger partial charge >= 0.3 is 0 Å². The molecule has 0 bridgehead atoms. The van der Waals surface area contributed by atoms with Crippen LogP contribution < -0.4 is 5.73 Å². The zero-order chi connectivity index (χ0) is 14.2. The number of benzene rings is 1. The van der Waals surface area contributed by atoms with Gasteiger partial charge in [0.05, 0.1) is 0 Å². The lowest BCUT2D eigenvalue weighted by molar-refractivity contribution is 0.579. The molecular weight excluding hydrogens is 241 g/mol. The van der Waals surface area contributed by atoms with Crippen LogP contribution in [0.4, 0.5) is 10.2 Å². The highest BCUT2D eigenvalue weighted by atomic mass is 19.1. The number of anilines is 1. The summed E-state index contributed by atoms with van der Waals surface area (Å²) in [7, 11) is 0. The van der Waals surface area contributed by atoms with E-state index in [2.05, 4.69) is 25.8 Å². The van der Waals surface area contributed by atoms with Gasteiger partial charge in [-0.1, -0.05) is 6.92 Å². The van der Waals surface area contributed by atoms with Crippen LogP contribution in [0, 0.1) is 12.7 Å². The summed E-state index contributed by atoms with van der Waals surface area (Å²) in [6, 6.07) is 5.24. The van der Waals surface area contributed by atoms with E-state index in [0.29, 0.717) is 11.4 Å². The zero-order valence-corrected chi connectivity index (χ0v) is 11.9. The highest BCUT2D eigenvalue weighted by Crippen LogP contribution is 2.30. The second kappa shape index (κ2) is 5.03. The summed E-state index contributed by atoms with van der Waals surface area (Å²) in [6.07, 6.45) is 0.822. The smallest absolute Gasteiger partial charge is 0.131 e. The van der Waals surface area contributed by atoms with Crippen LogP contribution in [0.15, 0.2) is 18.2 Å². The van der Waals surface area contributed by atoms with Gasteiger partial charge in [0.25, 0.3) is 0 Å². The fourth-order valence-electron chi connectivity index (χ4n) is 2.32. The molecule has 0 aliphatic rings. The Labute approximate surface area is 113 Å². The lowest BCUT2D eigenvalue weighted by atomic mass is 10.1. The molecule has 1 aromatic heterocycles. The number of imidazole rings is 1. The molecule has 0 aliphatic heterocycles. The number of halogens is 1. The second-order valence-electron chi connectivity index (χ2n) is 5.04. The van der Waals surface area contributed by atoms with Crippen molar-refractivity contribution in [2.75, 3.05) is 5.73 Å². The molecule has 0 amide bonds. The van der Waals surface area contributed by atoms with Gasteiger partial charge in [-0.25, -0.2) is 9.37 Å². The van der Waals surface area contributed by atoms with Crippen LogP contribution in [0.2, 0.25) is 0 Å². The first-order valence-corrected chi connectivity index (χ1v) is 6.58. The summed E-state index contributed by atoms with van der Waals surface area (Å²) >= 11 is 0. The molecular formula is C15H20FN3. The van der Waals surface area contributed by atoms with E-state index in [9.17, 15) is 4.39 Å². The van der Waals surface area contributed by atoms with Gasteiger partial charge in [-0.15, -0.1) is 0 Å². The molecule has 3 nitrogen and oxygen atoms in total. The normalized spacial score (nSPS) is 11.3. The highest BCUT2D eigenvalue weighted by Gasteiger charge is 2.17. The zero-order valence-electron chi connectivity index (χ0n) is 11.9. The van der Waals surface area contributed by atoms with Crippen LogP contribution in [-0.2, 0) is 6.42 Å². The van der Waals surface area contributed by atoms with Gasteiger partial charge in [0.15, 0.2) is 0 Å². The molecule has 1 heterocycles. The summed E-state index contributed by atoms with van der Waals surface area (Å²) in [5.74, 6) is 1.41. The Morgan fingerprint density at radius 1 is 1.37 bits per heavy atom. The first-order valence-electron chi connectivity index (χ1n) is 6.58. The summed E-state index contributed by atoms with van der Waals surface area (Å²) in [6.45, 7) is 7.96. The molecule has 0 atom stereocenters. The molecule has 19 heavy (non-hydrogen) atoms. The minimum absolute atomic E-state index is 0.207. The number of hydrogen-bond acceptors (Lipinski definition) is 2. The van der Waals surface area contributed by atoms with Crippen LogP contribution in [0.3, 0.4) is 0 Å². The van der Waals surface area contributed by atoms with Crippen molar-refractivity contribution in [3.05, 3.63) is 35.4 Å². The predicted molar refractivity (Wildman–Crippen MR) is 76.5 cm³/mol. The van der Waals surface area contributed by atoms with Crippen LogP contribution in [0.1, 0.15) is 38.2 Å². The van der Waals surface area contributed by atoms with Gasteiger partial charge in [-0.3, -0.25) is 0 Å². The third kappa shape index (κ3) is 2.35. The number of nitrogen functional groups attached to an aromatic ring is 1. The molecule has 0 saturated heterocycles. The summed E-state index contributed by atoms with van der Waals surface area (Å²) < 4.78 is 15.4. The van der Waals surface area contributed by atoms with Crippen molar-refractivity contribution in [1.82, 2.24) is 9.55 Å². The molecule has 0 fully saturated rings. The molecule has 2 N–H and O–H groups in total. The Balaban J connectivity index is 2.59. The maximum Gasteiger partial charge on any atom is 0.131 e. The van der Waals surface area contributed by atoms with Gasteiger partial charge < -0.3 is 10.3 Å². The van der Waals surface area contributed by atoms with Crippen molar-refractivity contribution in [2.24, 2.45) is 0 Å². The van der Waals surface area contributed by atoms with E-state index in [1.807, 2.05) is 4.57 Å². The van der Waals surface area contributed by atoms with Crippen LogP contribution >= 0.6 is 0 Å². The molecule has 0 unspecified atom stereocenters. The van der Waals surface area contributed by atoms with Crippen molar-refractivity contribution in [2.45, 2.75) is 40.2 Å². The fourth-order valence-corrected chi connectivity index (χ4v) is 2.32. The summed E-state index contributed by atoms with van der Waals surface area (Å²) in [5.41, 5.74) is 8.42. The van der Waals surface area contributed by atoms with Crippen LogP contribution in [0.25, 0.3) is 11.3 Å². The van der Waals surface area contributed by atoms with Crippen molar-refractivity contribution in [3.8, 4) is 11.3 Å². The molecule has 0 spiro atoms. The van der Waals surface area contributed by atoms with Crippen LogP contribution in [-0.4, -0.2) is 9.55 Å². The minimum Gasteiger partial charge on any atom is -0.383 e. The van der Waals surface area contributed by atoms with Crippen molar-refractivity contribution in [3.63, 3.8) is 0 Å². The Morgan fingerprint density at radius 2 is 2.05 bits per heavy atom. The molecule has 4 heteroatoms. The molecule has 2 rings (SSSR count). The van der Waals surface area contributed by atoms with Crippen molar-refractivity contribution >= 4 is 5.82 Å². The average Bonchev–Trinajstić information content (AvgIpc) is 2.70. The first kappa shape index (κ1) is 13.6. The summed E-state index contributed by atoms with van der Waals surface area (Å²) in [5, 5.41) is 0. The lowest BCUT2D eigenvalue weighted by Gasteiger charge is -2.12. The number of nitrogens with zero attached hydrogens (tertiary/aromatic N) is 2. The largest absolute Gasteiger partial charge is 0.383 e. The van der Waals surface area contributed by atoms with E-state index in [1.54, 1.807) is 19.1 Å². The van der Waals surface area contributed by atoms with Gasteiger partial charge in [0.2, 0.25) is 0 Å². The third-order valence-electron chi connectivity index (χ3n) is 3.29. The number of aromatic nitrogens is 2. The van der Waals surface area contributed by atoms with Crippen molar-refractivity contribution in [1.29, 1.82) is 0 Å². The Morgan fingerprint density at radius 3 is 2.53 bits per heavy atom. The van der Waals surface area contributed by atoms with Gasteiger partial charge in [-0.2, -0.15) is 0 Å². The molecule has 0 radical (unpaired) electrons. The number of aryl methyl sites for hydroxylation is 2. The van der Waals surface area contributed by atoms with E-state index < -0.39 is 0 Å². The minimum atomic E-state index is -0.207. The monoisotopic (exact) mass is 261 g/mol. The molecule has 0 aliphatic carbocycles. The van der Waals surface area contributed by atoms with E-state index in [0.717, 1.165) is 23.5 Å². The topological polar surface area (TPSA) is 43.8 Å². The second-order valence-corrected chi connectivity index (χ2v) is 5.04. The quantitative estimate of drug-likeness (QED) is 0.915. The number of rotatable bonds is 3. The standard InChI is InChI=1S/C15H20FN3/c1-5-13-18-14(15(17)19(13)9(2)3)11-6-7-12(16)10(4)8-11/h6-9H,5,17H2,1-4H3. The number of nitrogens with two attached hydrogens (primary N) is 1. The molecule has 102 valence electrons. The molecule has 1 aromatic carbocycles. The van der Waals surface area contributed by atoms with Gasteiger partial charge in [0, 0.05) is 18.0 Å². The highest BCUT2D eigenvalue weighted by molar-refractivity contribution is 5.71. The Bertz CT molecular complexity index is 600. The average molecular weight is 261 g/mol. The maximum absolute atomic E-state index is 13.3. The fraction of sp³-hybridized carbons (Fsp3) is 0.400. The van der Waals surface area contributed by atoms with E-state index in [1.165, 1.54) is 6.07 Å². The number of hydrogen-bond donors (Lipinski definition) is 1. The van der Waals surface area contributed by atoms with E-state index in [4.69, 9.17) is 5.73 Å². The first-order chi connectivity index (χ1) is 8.95.